The minimum Gasteiger partial charge on any atom is -0.497 e. The van der Waals surface area contributed by atoms with Gasteiger partial charge in [0.05, 0.1) is 21.3 Å². The van der Waals surface area contributed by atoms with Gasteiger partial charge >= 0.3 is 0 Å². The molecule has 0 heterocycles. The molecule has 0 spiro atoms. The predicted molar refractivity (Wildman–Crippen MR) is 182 cm³/mol. The molecule has 0 aliphatic carbocycles. The van der Waals surface area contributed by atoms with Crippen LogP contribution in [0.25, 0.3) is 0 Å². The van der Waals surface area contributed by atoms with Crippen molar-refractivity contribution in [3.8, 4) is 17.2 Å². The Bertz CT molecular complexity index is 1230. The van der Waals surface area contributed by atoms with E-state index >= 15 is 0 Å². The molecule has 3 nitrogen and oxygen atoms in total. The number of rotatable bonds is 7. The zero-order valence-corrected chi connectivity index (χ0v) is 27.8. The van der Waals surface area contributed by atoms with E-state index in [1.807, 2.05) is 48.5 Å². The van der Waals surface area contributed by atoms with E-state index in [9.17, 15) is 0 Å². The number of para-hydroxylation sites is 1. The maximum absolute atomic E-state index is 5.21. The Kier molecular flexibility index (Phi) is 17.5. The molecule has 42 heavy (non-hydrogen) atoms. The predicted octanol–water partition coefficient (Wildman–Crippen LogP) is 11.3. The molecule has 0 amide bonds. The smallest absolute Gasteiger partial charge is 0.122 e. The summed E-state index contributed by atoms with van der Waals surface area (Å²) in [6, 6.07) is 35.0. The van der Waals surface area contributed by atoms with Gasteiger partial charge in [-0.25, -0.2) is 0 Å². The van der Waals surface area contributed by atoms with Gasteiger partial charge in [0.25, 0.3) is 0 Å². The number of methoxy groups -OCH3 is 3. The zero-order valence-electron chi connectivity index (χ0n) is 27.8. The van der Waals surface area contributed by atoms with E-state index in [4.69, 9.17) is 14.2 Å². The zero-order chi connectivity index (χ0) is 31.5. The normalized spacial score (nSPS) is 10.2. The Labute approximate surface area is 256 Å². The standard InChI is InChI=1S/3C10H14O.C9H12/c1-8(2)9-4-6-10(11-3)7-5-9;1-8(2)9-5-4-6-10(7-9)11-3;1-8(2)9-6-4-5-7-10(9)11-3;1-8(2)9-6-4-3-5-7-9/h3*4-8H,1-3H3;3-8H,1-2H3. The summed E-state index contributed by atoms with van der Waals surface area (Å²) in [6.07, 6.45) is 0. The van der Waals surface area contributed by atoms with Gasteiger partial charge in [0.15, 0.2) is 0 Å². The molecule has 4 aromatic rings. The van der Waals surface area contributed by atoms with Gasteiger partial charge in [0, 0.05) is 0 Å². The second kappa shape index (κ2) is 20.2. The van der Waals surface area contributed by atoms with Crippen molar-refractivity contribution >= 4 is 0 Å². The largest absolute Gasteiger partial charge is 0.497 e. The molecule has 0 aliphatic rings. The SMILES string of the molecule is CC(C)c1ccccc1.COc1ccc(C(C)C)cc1.COc1cccc(C(C)C)c1.COc1ccccc1C(C)C. The lowest BCUT2D eigenvalue weighted by atomic mass is 10.0. The van der Waals surface area contributed by atoms with Crippen LogP contribution in [0.5, 0.6) is 17.2 Å². The van der Waals surface area contributed by atoms with E-state index in [0.717, 1.165) is 17.2 Å². The van der Waals surface area contributed by atoms with Crippen molar-refractivity contribution in [1.82, 2.24) is 0 Å². The molecule has 0 radical (unpaired) electrons. The first-order chi connectivity index (χ1) is 20.0. The molecule has 0 bridgehead atoms. The molecule has 0 atom stereocenters. The molecule has 4 rings (SSSR count). The van der Waals surface area contributed by atoms with Gasteiger partial charge in [-0.05, 0) is 76.3 Å². The van der Waals surface area contributed by atoms with Gasteiger partial charge in [0.2, 0.25) is 0 Å². The number of benzene rings is 4. The molecule has 0 saturated carbocycles. The summed E-state index contributed by atoms with van der Waals surface area (Å²) in [5, 5.41) is 0. The highest BCUT2D eigenvalue weighted by molar-refractivity contribution is 5.35. The molecular formula is C39H54O3. The average molecular weight is 571 g/mol. The Morgan fingerprint density at radius 2 is 0.857 bits per heavy atom. The summed E-state index contributed by atoms with van der Waals surface area (Å²) in [7, 11) is 5.09. The van der Waals surface area contributed by atoms with Crippen molar-refractivity contribution < 1.29 is 14.2 Å². The van der Waals surface area contributed by atoms with Crippen LogP contribution >= 0.6 is 0 Å². The van der Waals surface area contributed by atoms with Crippen molar-refractivity contribution in [2.75, 3.05) is 21.3 Å². The molecular weight excluding hydrogens is 516 g/mol. The number of hydrogen-bond acceptors (Lipinski definition) is 3. The molecule has 0 saturated heterocycles. The van der Waals surface area contributed by atoms with Crippen LogP contribution in [0.3, 0.4) is 0 Å². The highest BCUT2D eigenvalue weighted by Gasteiger charge is 2.04. The molecule has 0 fully saturated rings. The molecule has 228 valence electrons. The first-order valence-electron chi connectivity index (χ1n) is 15.0. The third kappa shape index (κ3) is 13.8. The van der Waals surface area contributed by atoms with Crippen LogP contribution in [0, 0.1) is 0 Å². The topological polar surface area (TPSA) is 27.7 Å². The van der Waals surface area contributed by atoms with E-state index in [1.165, 1.54) is 22.3 Å². The summed E-state index contributed by atoms with van der Waals surface area (Å²) in [6.45, 7) is 17.5. The fraction of sp³-hybridized carbons (Fsp3) is 0.385. The van der Waals surface area contributed by atoms with Crippen LogP contribution in [0.2, 0.25) is 0 Å². The fourth-order valence-corrected chi connectivity index (χ4v) is 3.97. The van der Waals surface area contributed by atoms with Crippen LogP contribution in [0.1, 0.15) is 101 Å². The lowest BCUT2D eigenvalue weighted by Crippen LogP contribution is -1.92. The Balaban J connectivity index is 0.000000281. The third-order valence-electron chi connectivity index (χ3n) is 6.77. The van der Waals surface area contributed by atoms with Gasteiger partial charge in [0.1, 0.15) is 17.2 Å². The average Bonchev–Trinajstić information content (AvgIpc) is 3.02. The van der Waals surface area contributed by atoms with Crippen LogP contribution in [0.15, 0.2) is 103 Å². The fourth-order valence-electron chi connectivity index (χ4n) is 3.97. The first-order valence-corrected chi connectivity index (χ1v) is 15.0. The number of ether oxygens (including phenoxy) is 3. The Morgan fingerprint density at radius 3 is 1.29 bits per heavy atom. The summed E-state index contributed by atoms with van der Waals surface area (Å²) in [5.41, 5.74) is 5.36. The van der Waals surface area contributed by atoms with E-state index in [-0.39, 0.29) is 0 Å². The second-order valence-electron chi connectivity index (χ2n) is 11.3. The Hall–Kier alpha value is -3.72. The Morgan fingerprint density at radius 1 is 0.381 bits per heavy atom. The van der Waals surface area contributed by atoms with Crippen LogP contribution < -0.4 is 14.2 Å². The molecule has 4 aromatic carbocycles. The van der Waals surface area contributed by atoms with Crippen LogP contribution in [0.4, 0.5) is 0 Å². The summed E-state index contributed by atoms with van der Waals surface area (Å²) >= 11 is 0. The molecule has 0 N–H and O–H groups in total. The van der Waals surface area contributed by atoms with Crippen molar-refractivity contribution in [2.45, 2.75) is 79.1 Å². The van der Waals surface area contributed by atoms with Gasteiger partial charge in [-0.3, -0.25) is 0 Å². The van der Waals surface area contributed by atoms with Crippen molar-refractivity contribution in [3.05, 3.63) is 125 Å². The van der Waals surface area contributed by atoms with Crippen molar-refractivity contribution in [1.29, 1.82) is 0 Å². The van der Waals surface area contributed by atoms with E-state index in [2.05, 4.69) is 110 Å². The quantitative estimate of drug-likeness (QED) is 0.221. The molecule has 0 aliphatic heterocycles. The lowest BCUT2D eigenvalue weighted by molar-refractivity contribution is 0.407. The molecule has 3 heteroatoms. The summed E-state index contributed by atoms with van der Waals surface area (Å²) < 4.78 is 15.4. The monoisotopic (exact) mass is 570 g/mol. The van der Waals surface area contributed by atoms with Gasteiger partial charge in [-0.2, -0.15) is 0 Å². The third-order valence-corrected chi connectivity index (χ3v) is 6.77. The van der Waals surface area contributed by atoms with Crippen molar-refractivity contribution in [2.24, 2.45) is 0 Å². The second-order valence-corrected chi connectivity index (χ2v) is 11.3. The minimum atomic E-state index is 0.533. The summed E-state index contributed by atoms with van der Waals surface area (Å²) in [5.74, 6) is 5.22. The minimum absolute atomic E-state index is 0.533. The number of hydrogen-bond donors (Lipinski definition) is 0. The van der Waals surface area contributed by atoms with E-state index in [1.54, 1.807) is 21.3 Å². The van der Waals surface area contributed by atoms with E-state index in [0.29, 0.717) is 23.7 Å². The van der Waals surface area contributed by atoms with Crippen molar-refractivity contribution in [3.63, 3.8) is 0 Å². The van der Waals surface area contributed by atoms with Crippen LogP contribution in [-0.4, -0.2) is 21.3 Å². The highest BCUT2D eigenvalue weighted by Crippen LogP contribution is 2.25. The maximum Gasteiger partial charge on any atom is 0.122 e. The molecule has 0 unspecified atom stereocenters. The van der Waals surface area contributed by atoms with E-state index < -0.39 is 0 Å². The maximum atomic E-state index is 5.21. The van der Waals surface area contributed by atoms with Gasteiger partial charge < -0.3 is 14.2 Å². The first kappa shape index (κ1) is 36.3. The highest BCUT2D eigenvalue weighted by atomic mass is 16.5. The van der Waals surface area contributed by atoms with Crippen LogP contribution in [-0.2, 0) is 0 Å². The lowest BCUT2D eigenvalue weighted by Gasteiger charge is -2.10. The summed E-state index contributed by atoms with van der Waals surface area (Å²) in [4.78, 5) is 0. The van der Waals surface area contributed by atoms with Gasteiger partial charge in [-0.15, -0.1) is 0 Å². The van der Waals surface area contributed by atoms with Gasteiger partial charge in [-0.1, -0.05) is 128 Å². The molecule has 0 aromatic heterocycles.